The minimum atomic E-state index is -0.00104. The smallest absolute Gasteiger partial charge is 0.238 e. The van der Waals surface area contributed by atoms with E-state index >= 15 is 0 Å². The average molecular weight is 405 g/mol. The Hall–Kier alpha value is -2.96. The second-order valence-electron chi connectivity index (χ2n) is 7.79. The Kier molecular flexibility index (Phi) is 6.26. The normalized spacial score (nSPS) is 15.7. The number of benzene rings is 2. The third kappa shape index (κ3) is 4.61. The summed E-state index contributed by atoms with van der Waals surface area (Å²) in [6.45, 7) is 7.63. The van der Waals surface area contributed by atoms with Gasteiger partial charge in [0, 0.05) is 30.7 Å². The van der Waals surface area contributed by atoms with E-state index in [9.17, 15) is 4.79 Å². The Morgan fingerprint density at radius 2 is 2.00 bits per heavy atom. The number of nitrogens with one attached hydrogen (secondary N) is 2. The maximum absolute atomic E-state index is 12.5. The molecule has 30 heavy (non-hydrogen) atoms. The molecule has 3 aromatic rings. The number of hydrogen-bond donors (Lipinski definition) is 2. The van der Waals surface area contributed by atoms with Crippen LogP contribution in [0.3, 0.4) is 0 Å². The Bertz CT molecular complexity index is 994. The van der Waals surface area contributed by atoms with E-state index in [1.165, 1.54) is 16.7 Å². The summed E-state index contributed by atoms with van der Waals surface area (Å²) in [6, 6.07) is 14.5. The molecule has 2 N–H and O–H groups in total. The van der Waals surface area contributed by atoms with Gasteiger partial charge in [-0.25, -0.2) is 4.98 Å². The molecule has 6 nitrogen and oxygen atoms in total. The molecule has 0 spiro atoms. The van der Waals surface area contributed by atoms with Gasteiger partial charge in [0.05, 0.1) is 32.0 Å². The van der Waals surface area contributed by atoms with Crippen LogP contribution in [0, 0.1) is 13.8 Å². The first-order valence-electron chi connectivity index (χ1n) is 10.4. The van der Waals surface area contributed by atoms with Crippen molar-refractivity contribution in [2.45, 2.75) is 19.8 Å². The summed E-state index contributed by atoms with van der Waals surface area (Å²) in [7, 11) is 0. The molecule has 0 aliphatic carbocycles. The number of aryl methyl sites for hydroxylation is 1. The molecule has 0 saturated carbocycles. The molecule has 1 aromatic heterocycles. The molecule has 1 aliphatic heterocycles. The van der Waals surface area contributed by atoms with Crippen LogP contribution in [0.5, 0.6) is 0 Å². The molecule has 6 heteroatoms. The van der Waals surface area contributed by atoms with Gasteiger partial charge >= 0.3 is 0 Å². The highest BCUT2D eigenvalue weighted by molar-refractivity contribution is 5.92. The molecule has 1 unspecified atom stereocenters. The fourth-order valence-corrected chi connectivity index (χ4v) is 4.00. The van der Waals surface area contributed by atoms with Gasteiger partial charge in [-0.3, -0.25) is 9.69 Å². The number of ether oxygens (including phenoxy) is 1. The Balaban J connectivity index is 1.59. The molecular formula is C24H28N4O2. The van der Waals surface area contributed by atoms with Gasteiger partial charge in [0.25, 0.3) is 0 Å². The van der Waals surface area contributed by atoms with Crippen molar-refractivity contribution in [1.29, 1.82) is 0 Å². The zero-order chi connectivity index (χ0) is 20.9. The number of anilines is 1. The first kappa shape index (κ1) is 20.3. The highest BCUT2D eigenvalue weighted by Crippen LogP contribution is 2.34. The van der Waals surface area contributed by atoms with Crippen LogP contribution in [0.4, 0.5) is 5.69 Å². The molecule has 1 atom stereocenters. The standard InChI is InChI=1S/C24H28N4O2/c1-17-5-3-8-21(18(17)2)24(22-14-25-16-26-22)19-6-4-7-20(13-19)27-23(29)15-28-9-11-30-12-10-28/h3-8,13-14,16,24H,9-12,15H2,1-2H3,(H,25,26)(H,27,29). The van der Waals surface area contributed by atoms with Crippen LogP contribution in [0.2, 0.25) is 0 Å². The minimum absolute atomic E-state index is 0.00104. The summed E-state index contributed by atoms with van der Waals surface area (Å²) >= 11 is 0. The number of aromatic nitrogens is 2. The molecule has 1 saturated heterocycles. The molecule has 2 heterocycles. The number of amides is 1. The van der Waals surface area contributed by atoms with Crippen molar-refractivity contribution in [3.63, 3.8) is 0 Å². The van der Waals surface area contributed by atoms with Crippen LogP contribution in [-0.4, -0.2) is 53.6 Å². The van der Waals surface area contributed by atoms with Gasteiger partial charge in [-0.1, -0.05) is 30.3 Å². The molecule has 0 radical (unpaired) electrons. The van der Waals surface area contributed by atoms with Crippen LogP contribution < -0.4 is 5.32 Å². The molecular weight excluding hydrogens is 376 g/mol. The van der Waals surface area contributed by atoms with Crippen LogP contribution >= 0.6 is 0 Å². The summed E-state index contributed by atoms with van der Waals surface area (Å²) in [5.74, 6) is 0.0161. The van der Waals surface area contributed by atoms with Crippen molar-refractivity contribution < 1.29 is 9.53 Å². The van der Waals surface area contributed by atoms with E-state index in [0.717, 1.165) is 30.0 Å². The maximum atomic E-state index is 12.5. The van der Waals surface area contributed by atoms with Gasteiger partial charge in [-0.15, -0.1) is 0 Å². The van der Waals surface area contributed by atoms with Crippen molar-refractivity contribution in [2.24, 2.45) is 0 Å². The second kappa shape index (κ2) is 9.24. The first-order valence-corrected chi connectivity index (χ1v) is 10.4. The predicted molar refractivity (Wildman–Crippen MR) is 118 cm³/mol. The summed E-state index contributed by atoms with van der Waals surface area (Å²) in [5, 5.41) is 3.06. The number of carbonyl (C=O) groups excluding carboxylic acids is 1. The number of imidazole rings is 1. The van der Waals surface area contributed by atoms with E-state index in [2.05, 4.69) is 64.4 Å². The summed E-state index contributed by atoms with van der Waals surface area (Å²) in [6.07, 6.45) is 3.58. The first-order chi connectivity index (χ1) is 14.6. The average Bonchev–Trinajstić information content (AvgIpc) is 3.27. The Morgan fingerprint density at radius 1 is 1.20 bits per heavy atom. The van der Waals surface area contributed by atoms with Gasteiger partial charge in [0.2, 0.25) is 5.91 Å². The van der Waals surface area contributed by atoms with E-state index in [1.54, 1.807) is 6.33 Å². The van der Waals surface area contributed by atoms with Crippen LogP contribution in [0.25, 0.3) is 0 Å². The van der Waals surface area contributed by atoms with Gasteiger partial charge in [0.1, 0.15) is 0 Å². The van der Waals surface area contributed by atoms with Gasteiger partial charge < -0.3 is 15.0 Å². The monoisotopic (exact) mass is 404 g/mol. The van der Waals surface area contributed by atoms with E-state index in [0.29, 0.717) is 19.8 Å². The van der Waals surface area contributed by atoms with Crippen molar-refractivity contribution in [2.75, 3.05) is 38.2 Å². The third-order valence-corrected chi connectivity index (χ3v) is 5.76. The minimum Gasteiger partial charge on any atom is -0.379 e. The van der Waals surface area contributed by atoms with Crippen molar-refractivity contribution >= 4 is 11.6 Å². The van der Waals surface area contributed by atoms with E-state index in [-0.39, 0.29) is 11.8 Å². The van der Waals surface area contributed by atoms with E-state index in [4.69, 9.17) is 4.74 Å². The van der Waals surface area contributed by atoms with Crippen molar-refractivity contribution in [1.82, 2.24) is 14.9 Å². The number of hydrogen-bond acceptors (Lipinski definition) is 4. The summed E-state index contributed by atoms with van der Waals surface area (Å²) in [4.78, 5) is 22.2. The summed E-state index contributed by atoms with van der Waals surface area (Å²) < 4.78 is 5.36. The SMILES string of the molecule is Cc1cccc(C(c2cccc(NC(=O)CN3CCOCC3)c2)c2cnc[nH]2)c1C. The molecule has 1 aliphatic rings. The van der Waals surface area contributed by atoms with Crippen molar-refractivity contribution in [3.8, 4) is 0 Å². The molecule has 0 bridgehead atoms. The van der Waals surface area contributed by atoms with E-state index in [1.807, 2.05) is 18.3 Å². The number of H-pyrrole nitrogens is 1. The fourth-order valence-electron chi connectivity index (χ4n) is 4.00. The maximum Gasteiger partial charge on any atom is 0.238 e. The van der Waals surface area contributed by atoms with Crippen LogP contribution in [-0.2, 0) is 9.53 Å². The number of rotatable bonds is 6. The largest absolute Gasteiger partial charge is 0.379 e. The molecule has 4 rings (SSSR count). The lowest BCUT2D eigenvalue weighted by atomic mass is 9.85. The Labute approximate surface area is 177 Å². The number of aromatic amines is 1. The zero-order valence-corrected chi connectivity index (χ0v) is 17.5. The highest BCUT2D eigenvalue weighted by atomic mass is 16.5. The number of carbonyl (C=O) groups is 1. The zero-order valence-electron chi connectivity index (χ0n) is 17.5. The van der Waals surface area contributed by atoms with Gasteiger partial charge in [0.15, 0.2) is 0 Å². The highest BCUT2D eigenvalue weighted by Gasteiger charge is 2.21. The number of nitrogens with zero attached hydrogens (tertiary/aromatic N) is 2. The Morgan fingerprint density at radius 3 is 2.77 bits per heavy atom. The van der Waals surface area contributed by atoms with E-state index < -0.39 is 0 Å². The lowest BCUT2D eigenvalue weighted by Gasteiger charge is -2.26. The van der Waals surface area contributed by atoms with Crippen LogP contribution in [0.15, 0.2) is 55.0 Å². The molecule has 1 fully saturated rings. The van der Waals surface area contributed by atoms with Gasteiger partial charge in [-0.05, 0) is 48.2 Å². The van der Waals surface area contributed by atoms with Crippen LogP contribution in [0.1, 0.15) is 33.9 Å². The molecule has 1 amide bonds. The number of morpholine rings is 1. The molecule has 2 aromatic carbocycles. The quantitative estimate of drug-likeness (QED) is 0.660. The topological polar surface area (TPSA) is 70.2 Å². The fraction of sp³-hybridized carbons (Fsp3) is 0.333. The molecule has 156 valence electrons. The third-order valence-electron chi connectivity index (χ3n) is 5.76. The lowest BCUT2D eigenvalue weighted by molar-refractivity contribution is -0.118. The lowest BCUT2D eigenvalue weighted by Crippen LogP contribution is -2.41. The second-order valence-corrected chi connectivity index (χ2v) is 7.79. The summed E-state index contributed by atoms with van der Waals surface area (Å²) in [5.41, 5.74) is 6.69. The van der Waals surface area contributed by atoms with Crippen molar-refractivity contribution in [3.05, 3.63) is 82.9 Å². The predicted octanol–water partition coefficient (Wildman–Crippen LogP) is 3.48. The van der Waals surface area contributed by atoms with Gasteiger partial charge in [-0.2, -0.15) is 0 Å².